The second-order valence-corrected chi connectivity index (χ2v) is 4.74. The first-order valence-corrected chi connectivity index (χ1v) is 6.51. The number of nitrogens with one attached hydrogen (secondary N) is 1. The Labute approximate surface area is 103 Å². The number of anilines is 2. The number of aromatic nitrogens is 2. The van der Waals surface area contributed by atoms with Crippen LogP contribution in [-0.2, 0) is 0 Å². The largest absolute Gasteiger partial charge is 0.373 e. The zero-order valence-electron chi connectivity index (χ0n) is 11.0. The van der Waals surface area contributed by atoms with Crippen LogP contribution >= 0.6 is 0 Å². The third-order valence-corrected chi connectivity index (χ3v) is 3.49. The van der Waals surface area contributed by atoms with Crippen molar-refractivity contribution >= 4 is 11.6 Å². The van der Waals surface area contributed by atoms with E-state index in [2.05, 4.69) is 27.1 Å². The molecular weight excluding hydrogens is 212 g/mol. The maximum Gasteiger partial charge on any atom is 0.134 e. The van der Waals surface area contributed by atoms with Crippen molar-refractivity contribution in [2.45, 2.75) is 33.1 Å². The smallest absolute Gasteiger partial charge is 0.134 e. The quantitative estimate of drug-likeness (QED) is 0.849. The molecule has 0 radical (unpaired) electrons. The minimum Gasteiger partial charge on any atom is -0.373 e. The lowest BCUT2D eigenvalue weighted by Gasteiger charge is -2.32. The van der Waals surface area contributed by atoms with Crippen LogP contribution in [0.2, 0.25) is 0 Å². The van der Waals surface area contributed by atoms with Crippen LogP contribution in [0.25, 0.3) is 0 Å². The molecule has 0 atom stereocenters. The maximum atomic E-state index is 4.54. The molecule has 1 aliphatic carbocycles. The van der Waals surface area contributed by atoms with Crippen molar-refractivity contribution in [1.82, 2.24) is 9.97 Å². The number of aryl methyl sites for hydroxylation is 1. The van der Waals surface area contributed by atoms with E-state index in [4.69, 9.17) is 0 Å². The first-order valence-electron chi connectivity index (χ1n) is 6.51. The normalized spacial score (nSPS) is 15.5. The summed E-state index contributed by atoms with van der Waals surface area (Å²) >= 11 is 0. The molecule has 0 unspecified atom stereocenters. The Morgan fingerprint density at radius 3 is 2.71 bits per heavy atom. The summed E-state index contributed by atoms with van der Waals surface area (Å²) in [5.74, 6) is 3.65. The Kier molecular flexibility index (Phi) is 3.82. The minimum atomic E-state index is 0.832. The van der Waals surface area contributed by atoms with E-state index in [1.165, 1.54) is 19.3 Å². The Morgan fingerprint density at radius 2 is 2.18 bits per heavy atom. The average Bonchev–Trinajstić information content (AvgIpc) is 2.27. The van der Waals surface area contributed by atoms with E-state index in [1.54, 1.807) is 0 Å². The first kappa shape index (κ1) is 12.1. The van der Waals surface area contributed by atoms with Crippen molar-refractivity contribution in [2.75, 3.05) is 30.4 Å². The number of nitrogens with zero attached hydrogens (tertiary/aromatic N) is 3. The molecule has 0 aromatic carbocycles. The zero-order chi connectivity index (χ0) is 12.3. The van der Waals surface area contributed by atoms with Gasteiger partial charge in [0.15, 0.2) is 0 Å². The van der Waals surface area contributed by atoms with Gasteiger partial charge in [-0.2, -0.15) is 0 Å². The average molecular weight is 234 g/mol. The number of hydrogen-bond donors (Lipinski definition) is 1. The van der Waals surface area contributed by atoms with E-state index in [9.17, 15) is 0 Å². The fourth-order valence-electron chi connectivity index (χ4n) is 2.21. The summed E-state index contributed by atoms with van der Waals surface area (Å²) in [5.41, 5.74) is 0. The van der Waals surface area contributed by atoms with Crippen LogP contribution in [0.4, 0.5) is 11.6 Å². The van der Waals surface area contributed by atoms with Gasteiger partial charge in [0.05, 0.1) is 0 Å². The summed E-state index contributed by atoms with van der Waals surface area (Å²) in [6, 6.07) is 2.04. The summed E-state index contributed by atoms with van der Waals surface area (Å²) in [6.07, 6.45) is 4.14. The van der Waals surface area contributed by atoms with Crippen molar-refractivity contribution in [1.29, 1.82) is 0 Å². The minimum absolute atomic E-state index is 0.832. The molecule has 1 aromatic heterocycles. The molecule has 1 saturated carbocycles. The number of rotatable bonds is 5. The highest BCUT2D eigenvalue weighted by Gasteiger charge is 2.21. The zero-order valence-corrected chi connectivity index (χ0v) is 11.0. The van der Waals surface area contributed by atoms with Gasteiger partial charge in [-0.1, -0.05) is 6.42 Å². The van der Waals surface area contributed by atoms with Crippen molar-refractivity contribution in [3.8, 4) is 0 Å². The Bertz CT molecular complexity index is 374. The van der Waals surface area contributed by atoms with E-state index in [-0.39, 0.29) is 0 Å². The predicted molar refractivity (Wildman–Crippen MR) is 71.5 cm³/mol. The molecule has 0 bridgehead atoms. The Balaban J connectivity index is 2.13. The molecule has 1 aromatic rings. The SMILES string of the molecule is CCN(CC1CCC1)c1cc(NC)nc(C)n1. The monoisotopic (exact) mass is 234 g/mol. The van der Waals surface area contributed by atoms with E-state index < -0.39 is 0 Å². The second-order valence-electron chi connectivity index (χ2n) is 4.74. The topological polar surface area (TPSA) is 41.0 Å². The van der Waals surface area contributed by atoms with Crippen LogP contribution < -0.4 is 10.2 Å². The van der Waals surface area contributed by atoms with Gasteiger partial charge in [-0.15, -0.1) is 0 Å². The number of hydrogen-bond acceptors (Lipinski definition) is 4. The Morgan fingerprint density at radius 1 is 1.41 bits per heavy atom. The van der Waals surface area contributed by atoms with Crippen LogP contribution in [0.15, 0.2) is 6.07 Å². The predicted octanol–water partition coefficient (Wildman–Crippen LogP) is 2.45. The summed E-state index contributed by atoms with van der Waals surface area (Å²) in [6.45, 7) is 6.28. The van der Waals surface area contributed by atoms with Crippen molar-refractivity contribution in [3.63, 3.8) is 0 Å². The molecule has 1 N–H and O–H groups in total. The van der Waals surface area contributed by atoms with Gasteiger partial charge in [0.2, 0.25) is 0 Å². The highest BCUT2D eigenvalue weighted by molar-refractivity contribution is 5.49. The lowest BCUT2D eigenvalue weighted by molar-refractivity contribution is 0.318. The second kappa shape index (κ2) is 5.34. The molecule has 0 aliphatic heterocycles. The third kappa shape index (κ3) is 2.87. The molecule has 4 heteroatoms. The molecule has 1 heterocycles. The van der Waals surface area contributed by atoms with E-state index in [1.807, 2.05) is 20.0 Å². The van der Waals surface area contributed by atoms with Gasteiger partial charge in [-0.3, -0.25) is 0 Å². The molecule has 0 saturated heterocycles. The van der Waals surface area contributed by atoms with E-state index in [0.717, 1.165) is 36.5 Å². The lowest BCUT2D eigenvalue weighted by atomic mass is 9.85. The first-order chi connectivity index (χ1) is 8.22. The van der Waals surface area contributed by atoms with Gasteiger partial charge in [0, 0.05) is 26.2 Å². The molecular formula is C13H22N4. The van der Waals surface area contributed by atoms with Gasteiger partial charge in [-0.25, -0.2) is 9.97 Å². The summed E-state index contributed by atoms with van der Waals surface area (Å²) in [7, 11) is 1.90. The van der Waals surface area contributed by atoms with Gasteiger partial charge >= 0.3 is 0 Å². The highest BCUT2D eigenvalue weighted by atomic mass is 15.2. The van der Waals surface area contributed by atoms with Crippen LogP contribution in [0.1, 0.15) is 32.0 Å². The van der Waals surface area contributed by atoms with Crippen molar-refractivity contribution in [3.05, 3.63) is 11.9 Å². The Hall–Kier alpha value is -1.32. The van der Waals surface area contributed by atoms with Crippen LogP contribution in [0.5, 0.6) is 0 Å². The third-order valence-electron chi connectivity index (χ3n) is 3.49. The maximum absolute atomic E-state index is 4.54. The highest BCUT2D eigenvalue weighted by Crippen LogP contribution is 2.28. The van der Waals surface area contributed by atoms with Crippen LogP contribution in [-0.4, -0.2) is 30.1 Å². The molecule has 4 nitrogen and oxygen atoms in total. The van der Waals surface area contributed by atoms with E-state index in [0.29, 0.717) is 0 Å². The standard InChI is InChI=1S/C13H22N4/c1-4-17(9-11-6-5-7-11)13-8-12(14-3)15-10(2)16-13/h8,11H,4-7,9H2,1-3H3,(H,14,15,16). The van der Waals surface area contributed by atoms with Crippen LogP contribution in [0, 0.1) is 12.8 Å². The molecule has 0 spiro atoms. The molecule has 1 aliphatic rings. The molecule has 1 fully saturated rings. The van der Waals surface area contributed by atoms with Gasteiger partial charge in [0.1, 0.15) is 17.5 Å². The molecule has 94 valence electrons. The van der Waals surface area contributed by atoms with Gasteiger partial charge in [-0.05, 0) is 32.6 Å². The van der Waals surface area contributed by atoms with Gasteiger partial charge in [0.25, 0.3) is 0 Å². The van der Waals surface area contributed by atoms with Crippen molar-refractivity contribution < 1.29 is 0 Å². The fraction of sp³-hybridized carbons (Fsp3) is 0.692. The molecule has 17 heavy (non-hydrogen) atoms. The molecule has 0 amide bonds. The fourth-order valence-corrected chi connectivity index (χ4v) is 2.21. The van der Waals surface area contributed by atoms with Gasteiger partial charge < -0.3 is 10.2 Å². The van der Waals surface area contributed by atoms with E-state index >= 15 is 0 Å². The summed E-state index contributed by atoms with van der Waals surface area (Å²) in [5, 5.41) is 3.09. The molecule has 2 rings (SSSR count). The summed E-state index contributed by atoms with van der Waals surface area (Å²) < 4.78 is 0. The van der Waals surface area contributed by atoms with Crippen molar-refractivity contribution in [2.24, 2.45) is 5.92 Å². The lowest BCUT2D eigenvalue weighted by Crippen LogP contribution is -2.33. The summed E-state index contributed by atoms with van der Waals surface area (Å²) in [4.78, 5) is 11.2. The van der Waals surface area contributed by atoms with Crippen LogP contribution in [0.3, 0.4) is 0 Å².